The molecular weight excluding hydrogens is 396 g/mol. The van der Waals surface area contributed by atoms with E-state index in [-0.39, 0.29) is 5.75 Å². The van der Waals surface area contributed by atoms with Gasteiger partial charge < -0.3 is 9.84 Å². The van der Waals surface area contributed by atoms with Gasteiger partial charge in [0.25, 0.3) is 0 Å². The van der Waals surface area contributed by atoms with Gasteiger partial charge in [0, 0.05) is 4.88 Å². The molecule has 6 nitrogen and oxygen atoms in total. The lowest BCUT2D eigenvalue weighted by Gasteiger charge is -2.03. The molecule has 0 radical (unpaired) electrons. The van der Waals surface area contributed by atoms with Crippen molar-refractivity contribution in [2.45, 2.75) is 13.5 Å². The van der Waals surface area contributed by atoms with Crippen LogP contribution in [0.15, 0.2) is 65.1 Å². The van der Waals surface area contributed by atoms with Gasteiger partial charge in [0.2, 0.25) is 0 Å². The fourth-order valence-electron chi connectivity index (χ4n) is 3.01. The Balaban J connectivity index is 1.58. The van der Waals surface area contributed by atoms with Gasteiger partial charge in [0.1, 0.15) is 11.0 Å². The molecule has 0 atom stereocenters. The summed E-state index contributed by atoms with van der Waals surface area (Å²) in [4.78, 5) is 9.85. The zero-order chi connectivity index (χ0) is 20.9. The van der Waals surface area contributed by atoms with E-state index in [4.69, 9.17) is 4.74 Å². The summed E-state index contributed by atoms with van der Waals surface area (Å²) in [7, 11) is 1.51. The Hall–Kier alpha value is -3.58. The molecule has 7 heteroatoms. The summed E-state index contributed by atoms with van der Waals surface area (Å²) in [5.41, 5.74) is 3.96. The van der Waals surface area contributed by atoms with E-state index < -0.39 is 0 Å². The summed E-state index contributed by atoms with van der Waals surface area (Å²) in [6.07, 6.45) is 5.70. The molecule has 0 saturated heterocycles. The Kier molecular flexibility index (Phi) is 5.81. The number of aromatic nitrogens is 2. The number of ether oxygens (including phenoxy) is 1. The van der Waals surface area contributed by atoms with Gasteiger partial charge in [-0.25, -0.2) is 9.97 Å². The number of phenolic OH excluding ortho intramolecular Hbond substituents is 1. The van der Waals surface area contributed by atoms with E-state index in [0.717, 1.165) is 31.8 Å². The molecule has 0 bridgehead atoms. The molecule has 1 N–H and O–H groups in total. The number of phenols is 1. The van der Waals surface area contributed by atoms with E-state index in [9.17, 15) is 5.11 Å². The predicted octanol–water partition coefficient (Wildman–Crippen LogP) is 6.17. The van der Waals surface area contributed by atoms with Crippen LogP contribution < -0.4 is 4.74 Å². The highest BCUT2D eigenvalue weighted by molar-refractivity contribution is 7.20. The molecule has 0 aliphatic heterocycles. The number of aryl methyl sites for hydroxylation is 1. The van der Waals surface area contributed by atoms with Crippen molar-refractivity contribution in [3.63, 3.8) is 0 Å². The largest absolute Gasteiger partial charge is 0.504 e. The van der Waals surface area contributed by atoms with Gasteiger partial charge in [0.15, 0.2) is 17.3 Å². The van der Waals surface area contributed by atoms with Crippen LogP contribution in [0.1, 0.15) is 21.6 Å². The molecule has 2 aromatic heterocycles. The van der Waals surface area contributed by atoms with Crippen LogP contribution in [0, 0.1) is 6.92 Å². The quantitative estimate of drug-likeness (QED) is 0.381. The number of thiophene rings is 1. The minimum atomic E-state index is 0.0818. The van der Waals surface area contributed by atoms with E-state index in [1.54, 1.807) is 23.5 Å². The first kappa shape index (κ1) is 19.7. The predicted molar refractivity (Wildman–Crippen MR) is 120 cm³/mol. The van der Waals surface area contributed by atoms with Crippen LogP contribution in [0.3, 0.4) is 0 Å². The number of nitrogens with zero attached hydrogens (tertiary/aromatic N) is 4. The maximum absolute atomic E-state index is 9.89. The fourth-order valence-corrected chi connectivity index (χ4v) is 4.11. The van der Waals surface area contributed by atoms with Gasteiger partial charge >= 0.3 is 0 Å². The Morgan fingerprint density at radius 3 is 2.70 bits per heavy atom. The van der Waals surface area contributed by atoms with Crippen LogP contribution in [-0.4, -0.2) is 22.2 Å². The van der Waals surface area contributed by atoms with E-state index in [1.165, 1.54) is 13.4 Å². The number of aromatic hydroxyl groups is 1. The maximum Gasteiger partial charge on any atom is 0.195 e. The van der Waals surface area contributed by atoms with Crippen LogP contribution in [0.5, 0.6) is 11.5 Å². The maximum atomic E-state index is 9.89. The third-order valence-electron chi connectivity index (χ3n) is 4.61. The zero-order valence-electron chi connectivity index (χ0n) is 16.6. The van der Waals surface area contributed by atoms with Crippen molar-refractivity contribution < 1.29 is 9.84 Å². The van der Waals surface area contributed by atoms with Crippen molar-refractivity contribution in [1.29, 1.82) is 0 Å². The highest BCUT2D eigenvalue weighted by Gasteiger charge is 2.12. The van der Waals surface area contributed by atoms with Gasteiger partial charge in [-0.3, -0.25) is 0 Å². The molecule has 0 spiro atoms. The summed E-state index contributed by atoms with van der Waals surface area (Å²) in [6, 6.07) is 15.3. The van der Waals surface area contributed by atoms with Gasteiger partial charge in [-0.2, -0.15) is 5.11 Å². The van der Waals surface area contributed by atoms with Crippen molar-refractivity contribution in [1.82, 2.24) is 9.97 Å². The Bertz CT molecular complexity index is 1230. The van der Waals surface area contributed by atoms with Crippen LogP contribution in [0.25, 0.3) is 22.4 Å². The van der Waals surface area contributed by atoms with Crippen molar-refractivity contribution >= 4 is 39.5 Å². The molecule has 0 unspecified atom stereocenters. The number of hydrogen-bond donors (Lipinski definition) is 1. The number of methoxy groups -OCH3 is 1. The van der Waals surface area contributed by atoms with Crippen molar-refractivity contribution in [2.24, 2.45) is 10.2 Å². The Labute approximate surface area is 178 Å². The van der Waals surface area contributed by atoms with Gasteiger partial charge in [-0.15, -0.1) is 16.5 Å². The Morgan fingerprint density at radius 2 is 1.93 bits per heavy atom. The molecule has 2 aromatic carbocycles. The first-order valence-corrected chi connectivity index (χ1v) is 10.2. The minimum Gasteiger partial charge on any atom is -0.504 e. The van der Waals surface area contributed by atoms with Crippen LogP contribution in [-0.2, 0) is 6.54 Å². The molecule has 2 heterocycles. The molecule has 4 rings (SSSR count). The summed E-state index contributed by atoms with van der Waals surface area (Å²) in [5, 5.41) is 18.5. The molecule has 30 heavy (non-hydrogen) atoms. The number of hydrogen-bond acceptors (Lipinski definition) is 7. The summed E-state index contributed by atoms with van der Waals surface area (Å²) in [5.74, 6) is 1.06. The first-order valence-electron chi connectivity index (χ1n) is 9.36. The Morgan fingerprint density at radius 1 is 1.10 bits per heavy atom. The highest BCUT2D eigenvalue weighted by Crippen LogP contribution is 2.36. The third kappa shape index (κ3) is 4.21. The molecule has 150 valence electrons. The average molecular weight is 417 g/mol. The number of azo groups is 1. The van der Waals surface area contributed by atoms with Crippen molar-refractivity contribution in [2.75, 3.05) is 7.11 Å². The summed E-state index contributed by atoms with van der Waals surface area (Å²) < 4.78 is 5.96. The minimum absolute atomic E-state index is 0.0818. The van der Waals surface area contributed by atoms with E-state index in [1.807, 2.05) is 24.3 Å². The summed E-state index contributed by atoms with van der Waals surface area (Å²) >= 11 is 1.60. The zero-order valence-corrected chi connectivity index (χ0v) is 17.4. The number of fused-ring (bicyclic) bond motifs is 1. The van der Waals surface area contributed by atoms with Crippen molar-refractivity contribution in [3.8, 4) is 11.5 Å². The lowest BCUT2D eigenvalue weighted by Crippen LogP contribution is -1.86. The van der Waals surface area contributed by atoms with Gasteiger partial charge in [-0.05, 0) is 41.8 Å². The monoisotopic (exact) mass is 416 g/mol. The molecular formula is C23H20N4O2S. The van der Waals surface area contributed by atoms with Crippen LogP contribution in [0.4, 0.5) is 5.82 Å². The van der Waals surface area contributed by atoms with E-state index in [2.05, 4.69) is 51.4 Å². The second kappa shape index (κ2) is 8.84. The molecule has 0 amide bonds. The fraction of sp³-hybridized carbons (Fsp3) is 0.130. The van der Waals surface area contributed by atoms with Crippen LogP contribution >= 0.6 is 11.3 Å². The first-order chi connectivity index (χ1) is 14.7. The normalized spacial score (nSPS) is 11.7. The second-order valence-corrected chi connectivity index (χ2v) is 7.67. The van der Waals surface area contributed by atoms with Crippen LogP contribution in [0.2, 0.25) is 0 Å². The smallest absolute Gasteiger partial charge is 0.195 e. The SMILES string of the molecule is COc1ccc(CN=Nc2ncnc3c(C)c(C=Cc4ccccc4)sc23)cc1O. The van der Waals surface area contributed by atoms with Gasteiger partial charge in [-0.1, -0.05) is 42.5 Å². The number of rotatable bonds is 6. The molecule has 0 fully saturated rings. The van der Waals surface area contributed by atoms with E-state index >= 15 is 0 Å². The lowest BCUT2D eigenvalue weighted by molar-refractivity contribution is 0.373. The average Bonchev–Trinajstić information content (AvgIpc) is 3.10. The molecule has 0 saturated carbocycles. The van der Waals surface area contributed by atoms with E-state index in [0.29, 0.717) is 18.1 Å². The third-order valence-corrected chi connectivity index (χ3v) is 5.85. The van der Waals surface area contributed by atoms with Gasteiger partial charge in [0.05, 0.1) is 19.2 Å². The van der Waals surface area contributed by atoms with Crippen molar-refractivity contribution in [3.05, 3.63) is 76.4 Å². The highest BCUT2D eigenvalue weighted by atomic mass is 32.1. The topological polar surface area (TPSA) is 80.0 Å². The summed E-state index contributed by atoms with van der Waals surface area (Å²) in [6.45, 7) is 2.38. The molecule has 0 aliphatic rings. The molecule has 0 aliphatic carbocycles. The standard InChI is InChI=1S/C23H20N4O2S/c1-15-20(11-9-16-6-4-3-5-7-16)30-22-21(15)24-14-25-23(22)27-26-13-17-8-10-19(29-2)18(28)12-17/h3-12,14,28H,13H2,1-2H3. The lowest BCUT2D eigenvalue weighted by atomic mass is 10.2. The number of benzene rings is 2. The second-order valence-electron chi connectivity index (χ2n) is 6.62. The molecule has 4 aromatic rings.